The summed E-state index contributed by atoms with van der Waals surface area (Å²) in [6.07, 6.45) is 4.38. The Morgan fingerprint density at radius 1 is 1.44 bits per heavy atom. The van der Waals surface area contributed by atoms with Crippen molar-refractivity contribution in [1.82, 2.24) is 9.55 Å². The Labute approximate surface area is 106 Å². The molecule has 2 aromatic rings. The van der Waals surface area contributed by atoms with Crippen LogP contribution in [-0.4, -0.2) is 9.55 Å². The van der Waals surface area contributed by atoms with Crippen LogP contribution in [0.5, 0.6) is 0 Å². The molecule has 1 aromatic heterocycles. The van der Waals surface area contributed by atoms with Crippen LogP contribution in [0.15, 0.2) is 30.6 Å². The fourth-order valence-electron chi connectivity index (χ4n) is 2.03. The van der Waals surface area contributed by atoms with Crippen molar-refractivity contribution in [3.8, 4) is 0 Å². The largest absolute Gasteiger partial charge is 0.335 e. The maximum atomic E-state index is 13.2. The minimum Gasteiger partial charge on any atom is -0.335 e. The fraction of sp³-hybridized carbons (Fsp3) is 0.357. The zero-order valence-electron chi connectivity index (χ0n) is 10.7. The third kappa shape index (κ3) is 2.59. The van der Waals surface area contributed by atoms with Crippen LogP contribution in [0, 0.1) is 12.7 Å². The van der Waals surface area contributed by atoms with Crippen molar-refractivity contribution in [2.45, 2.75) is 32.9 Å². The van der Waals surface area contributed by atoms with Gasteiger partial charge in [-0.2, -0.15) is 0 Å². The Balaban J connectivity index is 2.16. The molecule has 0 amide bonds. The van der Waals surface area contributed by atoms with Crippen LogP contribution in [0.25, 0.3) is 0 Å². The number of nitrogens with two attached hydrogens (primary N) is 1. The van der Waals surface area contributed by atoms with Crippen LogP contribution in [0.3, 0.4) is 0 Å². The van der Waals surface area contributed by atoms with Crippen LogP contribution in [0.2, 0.25) is 0 Å². The van der Waals surface area contributed by atoms with Crippen molar-refractivity contribution < 1.29 is 4.39 Å². The van der Waals surface area contributed by atoms with Crippen molar-refractivity contribution in [1.29, 1.82) is 0 Å². The molecular weight excluding hydrogens is 229 g/mol. The predicted octanol–water partition coefficient (Wildman–Crippen LogP) is 2.59. The average Bonchev–Trinajstić information content (AvgIpc) is 2.79. The normalized spacial score (nSPS) is 12.7. The highest BCUT2D eigenvalue weighted by atomic mass is 19.1. The minimum atomic E-state index is -0.194. The summed E-state index contributed by atoms with van der Waals surface area (Å²) >= 11 is 0. The van der Waals surface area contributed by atoms with Gasteiger partial charge in [-0.3, -0.25) is 0 Å². The van der Waals surface area contributed by atoms with E-state index in [1.54, 1.807) is 25.3 Å². The summed E-state index contributed by atoms with van der Waals surface area (Å²) < 4.78 is 15.3. The Hall–Kier alpha value is -1.68. The Morgan fingerprint density at radius 3 is 2.89 bits per heavy atom. The summed E-state index contributed by atoms with van der Waals surface area (Å²) in [6, 6.07) is 4.86. The van der Waals surface area contributed by atoms with Gasteiger partial charge in [-0.15, -0.1) is 0 Å². The van der Waals surface area contributed by atoms with Gasteiger partial charge in [-0.1, -0.05) is 12.1 Å². The SMILES string of the molecule is CCn1ccnc1CC(N)c1ccc(F)c(C)c1. The molecule has 1 unspecified atom stereocenters. The van der Waals surface area contributed by atoms with Gasteiger partial charge in [0, 0.05) is 31.4 Å². The van der Waals surface area contributed by atoms with Crippen molar-refractivity contribution in [3.63, 3.8) is 0 Å². The van der Waals surface area contributed by atoms with Gasteiger partial charge in [0.2, 0.25) is 0 Å². The first kappa shape index (κ1) is 12.8. The Morgan fingerprint density at radius 2 is 2.22 bits per heavy atom. The Bertz CT molecular complexity index is 534. The molecule has 0 saturated heterocycles. The molecule has 4 heteroatoms. The molecule has 0 saturated carbocycles. The van der Waals surface area contributed by atoms with E-state index in [2.05, 4.69) is 16.5 Å². The maximum Gasteiger partial charge on any atom is 0.126 e. The second-order valence-electron chi connectivity index (χ2n) is 4.45. The van der Waals surface area contributed by atoms with Gasteiger partial charge in [-0.05, 0) is 31.0 Å². The molecule has 1 atom stereocenters. The zero-order chi connectivity index (χ0) is 13.1. The number of nitrogens with zero attached hydrogens (tertiary/aromatic N) is 2. The van der Waals surface area contributed by atoms with Crippen molar-refractivity contribution in [2.75, 3.05) is 0 Å². The van der Waals surface area contributed by atoms with E-state index < -0.39 is 0 Å². The highest BCUT2D eigenvalue weighted by Crippen LogP contribution is 2.18. The highest BCUT2D eigenvalue weighted by Gasteiger charge is 2.11. The highest BCUT2D eigenvalue weighted by molar-refractivity contribution is 5.26. The van der Waals surface area contributed by atoms with Crippen LogP contribution >= 0.6 is 0 Å². The van der Waals surface area contributed by atoms with Gasteiger partial charge in [0.1, 0.15) is 11.6 Å². The number of rotatable bonds is 4. The first-order valence-electron chi connectivity index (χ1n) is 6.13. The third-order valence-corrected chi connectivity index (χ3v) is 3.16. The second-order valence-corrected chi connectivity index (χ2v) is 4.45. The maximum absolute atomic E-state index is 13.2. The lowest BCUT2D eigenvalue weighted by Gasteiger charge is -2.13. The topological polar surface area (TPSA) is 43.8 Å². The van der Waals surface area contributed by atoms with Crippen molar-refractivity contribution >= 4 is 0 Å². The molecule has 0 radical (unpaired) electrons. The first-order valence-corrected chi connectivity index (χ1v) is 6.13. The lowest BCUT2D eigenvalue weighted by atomic mass is 10.0. The monoisotopic (exact) mass is 247 g/mol. The number of hydrogen-bond donors (Lipinski definition) is 1. The number of imidazole rings is 1. The van der Waals surface area contributed by atoms with E-state index >= 15 is 0 Å². The van der Waals surface area contributed by atoms with Crippen LogP contribution < -0.4 is 5.73 Å². The van der Waals surface area contributed by atoms with E-state index in [4.69, 9.17) is 5.73 Å². The molecule has 2 N–H and O–H groups in total. The van der Waals surface area contributed by atoms with Gasteiger partial charge < -0.3 is 10.3 Å². The molecule has 0 aliphatic carbocycles. The van der Waals surface area contributed by atoms with Gasteiger partial charge in [0.05, 0.1) is 0 Å². The van der Waals surface area contributed by atoms with E-state index in [9.17, 15) is 4.39 Å². The molecule has 1 aromatic carbocycles. The predicted molar refractivity (Wildman–Crippen MR) is 69.7 cm³/mol. The van der Waals surface area contributed by atoms with Crippen molar-refractivity contribution in [3.05, 3.63) is 53.4 Å². The molecule has 0 aliphatic rings. The average molecular weight is 247 g/mol. The van der Waals surface area contributed by atoms with Crippen LogP contribution in [0.1, 0.15) is 29.9 Å². The first-order chi connectivity index (χ1) is 8.61. The van der Waals surface area contributed by atoms with E-state index in [1.165, 1.54) is 6.07 Å². The number of hydrogen-bond acceptors (Lipinski definition) is 2. The summed E-state index contributed by atoms with van der Waals surface area (Å²) in [6.45, 7) is 4.70. The third-order valence-electron chi connectivity index (χ3n) is 3.16. The minimum absolute atomic E-state index is 0.156. The molecule has 2 rings (SSSR count). The molecule has 1 heterocycles. The molecule has 18 heavy (non-hydrogen) atoms. The smallest absolute Gasteiger partial charge is 0.126 e. The van der Waals surface area contributed by atoms with E-state index in [0.717, 1.165) is 17.9 Å². The molecule has 96 valence electrons. The standard InChI is InChI=1S/C14H18FN3/c1-3-18-7-6-17-14(18)9-13(16)11-4-5-12(15)10(2)8-11/h4-8,13H,3,9,16H2,1-2H3. The van der Waals surface area contributed by atoms with Gasteiger partial charge >= 0.3 is 0 Å². The molecule has 0 bridgehead atoms. The van der Waals surface area contributed by atoms with E-state index in [1.807, 2.05) is 6.20 Å². The summed E-state index contributed by atoms with van der Waals surface area (Å²) in [7, 11) is 0. The molecule has 0 aliphatic heterocycles. The summed E-state index contributed by atoms with van der Waals surface area (Å²) in [5.41, 5.74) is 7.72. The number of aryl methyl sites for hydroxylation is 2. The number of aromatic nitrogens is 2. The molecule has 3 nitrogen and oxygen atoms in total. The van der Waals surface area contributed by atoms with E-state index in [0.29, 0.717) is 12.0 Å². The number of benzene rings is 1. The summed E-state index contributed by atoms with van der Waals surface area (Å²) in [5.74, 6) is 0.771. The second kappa shape index (κ2) is 5.31. The number of halogens is 1. The zero-order valence-corrected chi connectivity index (χ0v) is 10.7. The van der Waals surface area contributed by atoms with Crippen molar-refractivity contribution in [2.24, 2.45) is 5.73 Å². The molecular formula is C14H18FN3. The molecule has 0 spiro atoms. The van der Waals surface area contributed by atoms with Gasteiger partial charge in [0.25, 0.3) is 0 Å². The van der Waals surface area contributed by atoms with Gasteiger partial charge in [0.15, 0.2) is 0 Å². The molecule has 0 fully saturated rings. The van der Waals surface area contributed by atoms with E-state index in [-0.39, 0.29) is 11.9 Å². The summed E-state index contributed by atoms with van der Waals surface area (Å²) in [4.78, 5) is 4.30. The van der Waals surface area contributed by atoms with Crippen LogP contribution in [-0.2, 0) is 13.0 Å². The Kier molecular flexibility index (Phi) is 3.77. The lowest BCUT2D eigenvalue weighted by molar-refractivity contribution is 0.608. The lowest BCUT2D eigenvalue weighted by Crippen LogP contribution is -2.16. The van der Waals surface area contributed by atoms with Gasteiger partial charge in [-0.25, -0.2) is 9.37 Å². The summed E-state index contributed by atoms with van der Waals surface area (Å²) in [5, 5.41) is 0. The quantitative estimate of drug-likeness (QED) is 0.902. The van der Waals surface area contributed by atoms with Crippen LogP contribution in [0.4, 0.5) is 4.39 Å². The fourth-order valence-corrected chi connectivity index (χ4v) is 2.03.